The first-order valence-electron chi connectivity index (χ1n) is 5.60. The van der Waals surface area contributed by atoms with E-state index in [1.54, 1.807) is 6.07 Å². The number of ether oxygens (including phenoxy) is 1. The molecule has 16 heavy (non-hydrogen) atoms. The highest BCUT2D eigenvalue weighted by Crippen LogP contribution is 2.30. The number of anilines is 2. The Hall–Kier alpha value is -1.45. The number of nitrogens with two attached hydrogens (primary N) is 1. The summed E-state index contributed by atoms with van der Waals surface area (Å²) in [5.74, 6) is -0.145. The van der Waals surface area contributed by atoms with Gasteiger partial charge in [-0.2, -0.15) is 0 Å². The maximum atomic E-state index is 13.5. The fourth-order valence-electron chi connectivity index (χ4n) is 1.66. The molecule has 0 unspecified atom stereocenters. The number of hydrogen-bond donors (Lipinski definition) is 1. The zero-order chi connectivity index (χ0) is 12.1. The van der Waals surface area contributed by atoms with Crippen LogP contribution in [-0.4, -0.2) is 19.7 Å². The zero-order valence-electron chi connectivity index (χ0n) is 10.1. The van der Waals surface area contributed by atoms with Crippen LogP contribution in [0.25, 0.3) is 0 Å². The monoisotopic (exact) mass is 226 g/mol. The minimum absolute atomic E-state index is 0.263. The molecular weight excluding hydrogens is 207 g/mol. The molecular formula is C12H19FN2O. The standard InChI is InChI=1S/C12H19FN2O/c1-4-15(5-2)11-8-12(16-6-3)9(13)7-10(11)14/h7-8H,4-6,14H2,1-3H3. The van der Waals surface area contributed by atoms with Gasteiger partial charge in [0.1, 0.15) is 0 Å². The predicted octanol–water partition coefficient (Wildman–Crippen LogP) is 2.65. The first kappa shape index (κ1) is 12.6. The van der Waals surface area contributed by atoms with Crippen LogP contribution in [0.3, 0.4) is 0 Å². The van der Waals surface area contributed by atoms with Gasteiger partial charge >= 0.3 is 0 Å². The lowest BCUT2D eigenvalue weighted by Crippen LogP contribution is -2.23. The molecule has 0 fully saturated rings. The normalized spacial score (nSPS) is 10.2. The lowest BCUT2D eigenvalue weighted by molar-refractivity contribution is 0.322. The van der Waals surface area contributed by atoms with Crippen LogP contribution in [0.4, 0.5) is 15.8 Å². The SMILES string of the molecule is CCOc1cc(N(CC)CC)c(N)cc1F. The third kappa shape index (κ3) is 2.56. The summed E-state index contributed by atoms with van der Waals surface area (Å²) in [6.45, 7) is 8.00. The summed E-state index contributed by atoms with van der Waals surface area (Å²) in [5.41, 5.74) is 7.08. The highest BCUT2D eigenvalue weighted by molar-refractivity contribution is 5.70. The molecule has 2 N–H and O–H groups in total. The highest BCUT2D eigenvalue weighted by atomic mass is 19.1. The molecule has 0 aliphatic heterocycles. The Kier molecular flexibility index (Phi) is 4.40. The van der Waals surface area contributed by atoms with Crippen LogP contribution in [-0.2, 0) is 0 Å². The predicted molar refractivity (Wildman–Crippen MR) is 65.5 cm³/mol. The van der Waals surface area contributed by atoms with Crippen LogP contribution in [0.15, 0.2) is 12.1 Å². The van der Waals surface area contributed by atoms with Crippen molar-refractivity contribution in [1.29, 1.82) is 0 Å². The van der Waals surface area contributed by atoms with Gasteiger partial charge in [-0.15, -0.1) is 0 Å². The summed E-state index contributed by atoms with van der Waals surface area (Å²) >= 11 is 0. The summed E-state index contributed by atoms with van der Waals surface area (Å²) in [6.07, 6.45) is 0. The summed E-state index contributed by atoms with van der Waals surface area (Å²) in [4.78, 5) is 2.07. The smallest absolute Gasteiger partial charge is 0.167 e. The van der Waals surface area contributed by atoms with Gasteiger partial charge in [0.25, 0.3) is 0 Å². The summed E-state index contributed by atoms with van der Waals surface area (Å²) in [7, 11) is 0. The van der Waals surface area contributed by atoms with E-state index in [1.165, 1.54) is 6.07 Å². The van der Waals surface area contributed by atoms with E-state index in [-0.39, 0.29) is 5.75 Å². The fraction of sp³-hybridized carbons (Fsp3) is 0.500. The van der Waals surface area contributed by atoms with Crippen molar-refractivity contribution >= 4 is 11.4 Å². The minimum atomic E-state index is -0.407. The Morgan fingerprint density at radius 2 is 1.88 bits per heavy atom. The number of hydrogen-bond acceptors (Lipinski definition) is 3. The van der Waals surface area contributed by atoms with Crippen LogP contribution < -0.4 is 15.4 Å². The van der Waals surface area contributed by atoms with Gasteiger partial charge in [-0.25, -0.2) is 4.39 Å². The third-order valence-corrected chi connectivity index (χ3v) is 2.49. The van der Waals surface area contributed by atoms with E-state index in [2.05, 4.69) is 4.90 Å². The number of nitrogen functional groups attached to an aromatic ring is 1. The molecule has 0 aliphatic carbocycles. The number of nitrogens with zero attached hydrogens (tertiary/aromatic N) is 1. The Labute approximate surface area is 96.0 Å². The Bertz CT molecular complexity index is 351. The lowest BCUT2D eigenvalue weighted by Gasteiger charge is -2.23. The van der Waals surface area contributed by atoms with Crippen LogP contribution in [0.5, 0.6) is 5.75 Å². The molecule has 4 heteroatoms. The maximum absolute atomic E-state index is 13.5. The van der Waals surface area contributed by atoms with E-state index in [0.717, 1.165) is 18.8 Å². The van der Waals surface area contributed by atoms with Gasteiger partial charge in [-0.3, -0.25) is 0 Å². The van der Waals surface area contributed by atoms with Crippen LogP contribution in [0.2, 0.25) is 0 Å². The maximum Gasteiger partial charge on any atom is 0.167 e. The number of rotatable bonds is 5. The van der Waals surface area contributed by atoms with E-state index in [4.69, 9.17) is 10.5 Å². The molecule has 0 aromatic heterocycles. The summed E-state index contributed by atoms with van der Waals surface area (Å²) in [6, 6.07) is 2.99. The van der Waals surface area contributed by atoms with Crippen molar-refractivity contribution in [1.82, 2.24) is 0 Å². The van der Waals surface area contributed by atoms with Crippen molar-refractivity contribution in [2.75, 3.05) is 30.3 Å². The summed E-state index contributed by atoms with van der Waals surface area (Å²) in [5, 5.41) is 0. The quantitative estimate of drug-likeness (QED) is 0.784. The second-order valence-electron chi connectivity index (χ2n) is 3.45. The van der Waals surface area contributed by atoms with Crippen molar-refractivity contribution in [3.8, 4) is 5.75 Å². The number of halogens is 1. The van der Waals surface area contributed by atoms with Crippen molar-refractivity contribution in [2.45, 2.75) is 20.8 Å². The Balaban J connectivity index is 3.12. The van der Waals surface area contributed by atoms with Crippen LogP contribution in [0, 0.1) is 5.82 Å². The van der Waals surface area contributed by atoms with Gasteiger partial charge in [0.15, 0.2) is 11.6 Å². The molecule has 0 bridgehead atoms. The van der Waals surface area contributed by atoms with Gasteiger partial charge in [0, 0.05) is 25.2 Å². The summed E-state index contributed by atoms with van der Waals surface area (Å²) < 4.78 is 18.7. The first-order chi connectivity index (χ1) is 7.63. The van der Waals surface area contributed by atoms with Gasteiger partial charge in [-0.05, 0) is 20.8 Å². The average molecular weight is 226 g/mol. The van der Waals surface area contributed by atoms with E-state index < -0.39 is 5.82 Å². The largest absolute Gasteiger partial charge is 0.491 e. The molecule has 3 nitrogen and oxygen atoms in total. The first-order valence-corrected chi connectivity index (χ1v) is 5.60. The van der Waals surface area contributed by atoms with Crippen molar-refractivity contribution in [3.63, 3.8) is 0 Å². The van der Waals surface area contributed by atoms with Crippen LogP contribution in [0.1, 0.15) is 20.8 Å². The third-order valence-electron chi connectivity index (χ3n) is 2.49. The van der Waals surface area contributed by atoms with Gasteiger partial charge in [-0.1, -0.05) is 0 Å². The zero-order valence-corrected chi connectivity index (χ0v) is 10.1. The van der Waals surface area contributed by atoms with E-state index >= 15 is 0 Å². The molecule has 0 saturated heterocycles. The molecule has 0 aliphatic rings. The topological polar surface area (TPSA) is 38.5 Å². The van der Waals surface area contributed by atoms with Crippen molar-refractivity contribution in [3.05, 3.63) is 17.9 Å². The fourth-order valence-corrected chi connectivity index (χ4v) is 1.66. The molecule has 0 atom stereocenters. The Morgan fingerprint density at radius 3 is 2.38 bits per heavy atom. The molecule has 1 rings (SSSR count). The Morgan fingerprint density at radius 1 is 1.25 bits per heavy atom. The molecule has 0 radical (unpaired) electrons. The van der Waals surface area contributed by atoms with Gasteiger partial charge in [0.05, 0.1) is 18.0 Å². The molecule has 90 valence electrons. The average Bonchev–Trinajstić information content (AvgIpc) is 2.26. The second kappa shape index (κ2) is 5.58. The van der Waals surface area contributed by atoms with E-state index in [9.17, 15) is 4.39 Å². The number of benzene rings is 1. The molecule has 0 amide bonds. The molecule has 1 aromatic carbocycles. The van der Waals surface area contributed by atoms with E-state index in [0.29, 0.717) is 12.3 Å². The van der Waals surface area contributed by atoms with Crippen molar-refractivity contribution in [2.24, 2.45) is 0 Å². The van der Waals surface area contributed by atoms with E-state index in [1.807, 2.05) is 20.8 Å². The molecule has 0 heterocycles. The van der Waals surface area contributed by atoms with Gasteiger partial charge < -0.3 is 15.4 Å². The lowest BCUT2D eigenvalue weighted by atomic mass is 10.2. The molecule has 0 saturated carbocycles. The minimum Gasteiger partial charge on any atom is -0.491 e. The van der Waals surface area contributed by atoms with Crippen molar-refractivity contribution < 1.29 is 9.13 Å². The van der Waals surface area contributed by atoms with Gasteiger partial charge in [0.2, 0.25) is 0 Å². The van der Waals surface area contributed by atoms with Crippen LogP contribution >= 0.6 is 0 Å². The molecule has 0 spiro atoms. The highest BCUT2D eigenvalue weighted by Gasteiger charge is 2.12. The second-order valence-corrected chi connectivity index (χ2v) is 3.45. The molecule has 1 aromatic rings.